The third kappa shape index (κ3) is 2.58. The molecule has 1 fully saturated rings. The fourth-order valence-corrected chi connectivity index (χ4v) is 3.14. The molecule has 5 nitrogen and oxygen atoms in total. The molecular weight excluding hydrogens is 317 g/mol. The number of aliphatic carboxylic acids is 1. The number of ether oxygens (including phenoxy) is 1. The predicted octanol–water partition coefficient (Wildman–Crippen LogP) is -1.79. The minimum Gasteiger partial charge on any atom is -0.547 e. The van der Waals surface area contributed by atoms with Gasteiger partial charge in [0.05, 0.1) is 12.5 Å². The minimum absolute atomic E-state index is 0. The van der Waals surface area contributed by atoms with Crippen molar-refractivity contribution in [2.75, 3.05) is 4.90 Å². The molecule has 1 saturated heterocycles. The van der Waals surface area contributed by atoms with Crippen molar-refractivity contribution >= 4 is 17.6 Å². The zero-order chi connectivity index (χ0) is 16.2. The largest absolute Gasteiger partial charge is 1.00 e. The molecule has 6 heteroatoms. The van der Waals surface area contributed by atoms with Crippen molar-refractivity contribution in [1.29, 1.82) is 0 Å². The summed E-state index contributed by atoms with van der Waals surface area (Å²) in [6, 6.07) is 14.8. The van der Waals surface area contributed by atoms with Gasteiger partial charge in [-0.15, -0.1) is 0 Å². The summed E-state index contributed by atoms with van der Waals surface area (Å²) in [5.74, 6) is -1.23. The molecule has 0 N–H and O–H groups in total. The molecule has 0 bridgehead atoms. The average molecular weight is 331 g/mol. The molecule has 2 aliphatic rings. The molecule has 2 atom stereocenters. The first-order chi connectivity index (χ1) is 11.0. The number of hydrogen-bond donors (Lipinski definition) is 0. The van der Waals surface area contributed by atoms with Gasteiger partial charge in [-0.05, 0) is 36.2 Å². The standard InChI is InChI=1S/C18H15NO4.Na/c1-18(15(23-18)17(21)22)12-6-8-13(9-7-12)19-10-11-4-2-3-5-14(11)16(19)20;/h2-9,15H,10H2,1H3,(H,21,22);/q;+1/p-1. The van der Waals surface area contributed by atoms with E-state index in [0.29, 0.717) is 6.54 Å². The van der Waals surface area contributed by atoms with Gasteiger partial charge in [-0.1, -0.05) is 30.3 Å². The van der Waals surface area contributed by atoms with E-state index in [-0.39, 0.29) is 35.5 Å². The zero-order valence-electron chi connectivity index (χ0n) is 13.5. The number of nitrogens with zero attached hydrogens (tertiary/aromatic N) is 1. The van der Waals surface area contributed by atoms with Crippen LogP contribution >= 0.6 is 0 Å². The van der Waals surface area contributed by atoms with Crippen LogP contribution in [-0.4, -0.2) is 18.0 Å². The van der Waals surface area contributed by atoms with E-state index in [1.54, 1.807) is 24.0 Å². The molecule has 0 saturated carbocycles. The zero-order valence-corrected chi connectivity index (χ0v) is 15.5. The van der Waals surface area contributed by atoms with Crippen molar-refractivity contribution in [3.8, 4) is 0 Å². The van der Waals surface area contributed by atoms with E-state index in [4.69, 9.17) is 4.74 Å². The molecule has 0 aliphatic carbocycles. The van der Waals surface area contributed by atoms with E-state index >= 15 is 0 Å². The van der Waals surface area contributed by atoms with Gasteiger partial charge in [0.2, 0.25) is 0 Å². The number of fused-ring (bicyclic) bond motifs is 1. The fraction of sp³-hybridized carbons (Fsp3) is 0.222. The minimum atomic E-state index is -1.21. The van der Waals surface area contributed by atoms with Crippen molar-refractivity contribution in [3.63, 3.8) is 0 Å². The summed E-state index contributed by atoms with van der Waals surface area (Å²) in [7, 11) is 0. The van der Waals surface area contributed by atoms with Gasteiger partial charge in [0.1, 0.15) is 11.7 Å². The smallest absolute Gasteiger partial charge is 0.547 e. The van der Waals surface area contributed by atoms with Gasteiger partial charge in [0.15, 0.2) is 0 Å². The Morgan fingerprint density at radius 1 is 1.21 bits per heavy atom. The summed E-state index contributed by atoms with van der Waals surface area (Å²) in [5.41, 5.74) is 2.45. The molecule has 2 aliphatic heterocycles. The first kappa shape index (κ1) is 17.2. The Bertz CT molecular complexity index is 820. The summed E-state index contributed by atoms with van der Waals surface area (Å²) >= 11 is 0. The van der Waals surface area contributed by atoms with E-state index in [1.807, 2.05) is 36.4 Å². The number of carbonyl (C=O) groups excluding carboxylic acids is 2. The predicted molar refractivity (Wildman–Crippen MR) is 80.6 cm³/mol. The van der Waals surface area contributed by atoms with Gasteiger partial charge in [-0.25, -0.2) is 0 Å². The van der Waals surface area contributed by atoms with Crippen molar-refractivity contribution in [2.24, 2.45) is 0 Å². The van der Waals surface area contributed by atoms with Crippen LogP contribution in [0.1, 0.15) is 28.4 Å². The van der Waals surface area contributed by atoms with Crippen molar-refractivity contribution < 1.29 is 49.0 Å². The van der Waals surface area contributed by atoms with Crippen LogP contribution in [0.4, 0.5) is 5.69 Å². The Hall–Kier alpha value is -1.66. The second-order valence-corrected chi connectivity index (χ2v) is 6.02. The second-order valence-electron chi connectivity index (χ2n) is 6.02. The van der Waals surface area contributed by atoms with Gasteiger partial charge in [-0.2, -0.15) is 0 Å². The topological polar surface area (TPSA) is 73.0 Å². The molecule has 4 rings (SSSR count). The molecular formula is C18H14NNaO4. The summed E-state index contributed by atoms with van der Waals surface area (Å²) < 4.78 is 5.25. The van der Waals surface area contributed by atoms with Gasteiger partial charge in [0, 0.05) is 11.3 Å². The number of carboxylic acid groups (broad SMARTS) is 1. The number of carbonyl (C=O) groups is 2. The first-order valence-corrected chi connectivity index (χ1v) is 7.40. The SMILES string of the molecule is CC1(c2ccc(N3Cc4ccccc4C3=O)cc2)OC1C(=O)[O-].[Na+]. The normalized spacial score (nSPS) is 24.3. The van der Waals surface area contributed by atoms with Crippen LogP contribution in [0.3, 0.4) is 0 Å². The van der Waals surface area contributed by atoms with Crippen LogP contribution in [0.15, 0.2) is 48.5 Å². The van der Waals surface area contributed by atoms with Crippen molar-refractivity contribution in [1.82, 2.24) is 0 Å². The van der Waals surface area contributed by atoms with E-state index in [9.17, 15) is 14.7 Å². The third-order valence-corrected chi connectivity index (χ3v) is 4.59. The third-order valence-electron chi connectivity index (χ3n) is 4.59. The first-order valence-electron chi connectivity index (χ1n) is 7.40. The molecule has 2 aromatic rings. The molecule has 1 amide bonds. The van der Waals surface area contributed by atoms with E-state index in [1.165, 1.54) is 0 Å². The maximum Gasteiger partial charge on any atom is 1.00 e. The molecule has 2 unspecified atom stereocenters. The number of rotatable bonds is 3. The van der Waals surface area contributed by atoms with Crippen LogP contribution < -0.4 is 39.6 Å². The molecule has 2 aromatic carbocycles. The number of hydrogen-bond acceptors (Lipinski definition) is 4. The second kappa shape index (κ2) is 6.01. The number of anilines is 1. The van der Waals surface area contributed by atoms with E-state index in [2.05, 4.69) is 0 Å². The van der Waals surface area contributed by atoms with Crippen LogP contribution in [0.5, 0.6) is 0 Å². The van der Waals surface area contributed by atoms with Crippen LogP contribution in [0.25, 0.3) is 0 Å². The summed E-state index contributed by atoms with van der Waals surface area (Å²) in [6.45, 7) is 2.27. The Morgan fingerprint density at radius 2 is 1.88 bits per heavy atom. The average Bonchev–Trinajstić information content (AvgIpc) is 3.16. The maximum atomic E-state index is 12.4. The van der Waals surface area contributed by atoms with Gasteiger partial charge >= 0.3 is 29.6 Å². The van der Waals surface area contributed by atoms with Gasteiger partial charge < -0.3 is 19.5 Å². The van der Waals surface area contributed by atoms with E-state index in [0.717, 1.165) is 22.4 Å². The van der Waals surface area contributed by atoms with Crippen molar-refractivity contribution in [2.45, 2.75) is 25.2 Å². The van der Waals surface area contributed by atoms with Crippen molar-refractivity contribution in [3.05, 3.63) is 65.2 Å². The Morgan fingerprint density at radius 3 is 2.46 bits per heavy atom. The Kier molecular flexibility index (Phi) is 4.30. The summed E-state index contributed by atoms with van der Waals surface area (Å²) in [5, 5.41) is 10.9. The van der Waals surface area contributed by atoms with E-state index < -0.39 is 17.7 Å². The molecule has 2 heterocycles. The van der Waals surface area contributed by atoms with Crippen LogP contribution in [-0.2, 0) is 21.7 Å². The van der Waals surface area contributed by atoms with Gasteiger partial charge in [0.25, 0.3) is 5.91 Å². The molecule has 116 valence electrons. The van der Waals surface area contributed by atoms with Gasteiger partial charge in [-0.3, -0.25) is 4.79 Å². The Balaban J connectivity index is 0.00000169. The molecule has 0 aromatic heterocycles. The Labute approximate surface area is 161 Å². The monoisotopic (exact) mass is 331 g/mol. The fourth-order valence-electron chi connectivity index (χ4n) is 3.14. The number of epoxide rings is 1. The number of amides is 1. The van der Waals surface area contributed by atoms with Crippen LogP contribution in [0.2, 0.25) is 0 Å². The number of carboxylic acids is 1. The summed E-state index contributed by atoms with van der Waals surface area (Å²) in [6.07, 6.45) is -0.911. The molecule has 0 spiro atoms. The maximum absolute atomic E-state index is 12.4. The molecule has 0 radical (unpaired) electrons. The number of benzene rings is 2. The summed E-state index contributed by atoms with van der Waals surface area (Å²) in [4.78, 5) is 25.1. The molecule has 24 heavy (non-hydrogen) atoms. The van der Waals surface area contributed by atoms with Crippen LogP contribution in [0, 0.1) is 0 Å². The quantitative estimate of drug-likeness (QED) is 0.492.